The monoisotopic (exact) mass is 394 g/mol. The van der Waals surface area contributed by atoms with Crippen molar-refractivity contribution in [2.75, 3.05) is 5.32 Å². The zero-order chi connectivity index (χ0) is 19.5. The number of fused-ring (bicyclic) bond motifs is 1. The molecule has 0 spiro atoms. The summed E-state index contributed by atoms with van der Waals surface area (Å²) >= 11 is 1.70. The molecule has 1 amide bonds. The largest absolute Gasteiger partial charge is 0.452 e. The molecule has 144 valence electrons. The van der Waals surface area contributed by atoms with Gasteiger partial charge in [-0.25, -0.2) is 4.98 Å². The van der Waals surface area contributed by atoms with E-state index in [-0.39, 0.29) is 17.8 Å². The van der Waals surface area contributed by atoms with Crippen LogP contribution >= 0.6 is 11.3 Å². The quantitative estimate of drug-likeness (QED) is 0.623. The smallest absolute Gasteiger partial charge is 0.309 e. The van der Waals surface area contributed by atoms with E-state index < -0.39 is 6.10 Å². The molecular weight excluding hydrogens is 372 g/mol. The normalized spacial score (nSPS) is 15.0. The van der Waals surface area contributed by atoms with E-state index in [1.54, 1.807) is 18.3 Å². The Morgan fingerprint density at radius 2 is 1.93 bits per heavy atom. The number of carbonyl (C=O) groups excluding carboxylic acids is 2. The Bertz CT molecular complexity index is 959. The molecule has 2 aromatic carbocycles. The predicted molar refractivity (Wildman–Crippen MR) is 110 cm³/mol. The van der Waals surface area contributed by atoms with E-state index in [1.807, 2.05) is 42.5 Å². The van der Waals surface area contributed by atoms with Gasteiger partial charge in [-0.2, -0.15) is 0 Å². The summed E-state index contributed by atoms with van der Waals surface area (Å²) in [7, 11) is 0. The van der Waals surface area contributed by atoms with Crippen molar-refractivity contribution in [3.05, 3.63) is 59.1 Å². The number of anilines is 1. The molecule has 3 aromatic rings. The first-order chi connectivity index (χ1) is 13.6. The number of esters is 1. The third-order valence-corrected chi connectivity index (χ3v) is 6.05. The van der Waals surface area contributed by atoms with Crippen molar-refractivity contribution in [1.29, 1.82) is 0 Å². The molecule has 1 aromatic heterocycles. The van der Waals surface area contributed by atoms with Crippen LogP contribution in [0.5, 0.6) is 0 Å². The second kappa shape index (κ2) is 8.10. The van der Waals surface area contributed by atoms with Gasteiger partial charge in [0.25, 0.3) is 5.91 Å². The van der Waals surface area contributed by atoms with Gasteiger partial charge in [-0.1, -0.05) is 30.7 Å². The van der Waals surface area contributed by atoms with Gasteiger partial charge in [0.1, 0.15) is 0 Å². The molecule has 0 unspecified atom stereocenters. The fraction of sp³-hybridized carbons (Fsp3) is 0.318. The Morgan fingerprint density at radius 3 is 2.61 bits per heavy atom. The number of hydrogen-bond acceptors (Lipinski definition) is 5. The zero-order valence-electron chi connectivity index (χ0n) is 15.7. The highest BCUT2D eigenvalue weighted by atomic mass is 32.1. The summed E-state index contributed by atoms with van der Waals surface area (Å²) in [6.45, 7) is 1.60. The summed E-state index contributed by atoms with van der Waals surface area (Å²) in [6, 6.07) is 15.8. The minimum absolute atomic E-state index is 0.0305. The molecule has 1 fully saturated rings. The Balaban J connectivity index is 1.33. The number of carbonyl (C=O) groups is 2. The molecule has 0 radical (unpaired) electrons. The van der Waals surface area contributed by atoms with Gasteiger partial charge in [0, 0.05) is 12.1 Å². The van der Waals surface area contributed by atoms with Crippen LogP contribution in [0.1, 0.15) is 36.8 Å². The van der Waals surface area contributed by atoms with Crippen molar-refractivity contribution in [3.63, 3.8) is 0 Å². The standard InChI is InChI=1S/C22H22N2O3S/c1-14(27-22(26)16-5-4-6-16)21(25)23-17-11-9-15(10-12-17)13-20-24-18-7-2-3-8-19(18)28-20/h2-3,7-12,14,16H,4-6,13H2,1H3,(H,23,25)/t14-/m1/s1. The van der Waals surface area contributed by atoms with Crippen LogP contribution in [-0.2, 0) is 20.7 Å². The van der Waals surface area contributed by atoms with Crippen molar-refractivity contribution < 1.29 is 14.3 Å². The summed E-state index contributed by atoms with van der Waals surface area (Å²) in [4.78, 5) is 28.8. The van der Waals surface area contributed by atoms with Crippen molar-refractivity contribution in [3.8, 4) is 0 Å². The number of aromatic nitrogens is 1. The molecule has 1 aliphatic carbocycles. The third-order valence-electron chi connectivity index (χ3n) is 5.02. The van der Waals surface area contributed by atoms with Crippen LogP contribution in [0.2, 0.25) is 0 Å². The van der Waals surface area contributed by atoms with Gasteiger partial charge in [0.2, 0.25) is 0 Å². The van der Waals surface area contributed by atoms with E-state index in [9.17, 15) is 9.59 Å². The van der Waals surface area contributed by atoms with E-state index >= 15 is 0 Å². The maximum atomic E-state index is 12.3. The minimum Gasteiger partial charge on any atom is -0.452 e. The van der Waals surface area contributed by atoms with Crippen LogP contribution < -0.4 is 5.32 Å². The van der Waals surface area contributed by atoms with Gasteiger partial charge >= 0.3 is 5.97 Å². The number of thiazole rings is 1. The second-order valence-corrected chi connectivity index (χ2v) is 8.26. The fourth-order valence-corrected chi connectivity index (χ4v) is 4.09. The summed E-state index contributed by atoms with van der Waals surface area (Å²) in [5, 5.41) is 3.87. The molecular formula is C22H22N2O3S. The number of benzene rings is 2. The van der Waals surface area contributed by atoms with Crippen LogP contribution in [0.25, 0.3) is 10.2 Å². The van der Waals surface area contributed by atoms with E-state index in [4.69, 9.17) is 4.74 Å². The van der Waals surface area contributed by atoms with Gasteiger partial charge in [-0.3, -0.25) is 9.59 Å². The molecule has 5 nitrogen and oxygen atoms in total. The van der Waals surface area contributed by atoms with E-state index in [0.717, 1.165) is 41.8 Å². The van der Waals surface area contributed by atoms with Gasteiger partial charge in [0.05, 0.1) is 21.1 Å². The lowest BCUT2D eigenvalue weighted by Gasteiger charge is -2.24. The van der Waals surface area contributed by atoms with Crippen molar-refractivity contribution in [1.82, 2.24) is 4.98 Å². The topological polar surface area (TPSA) is 68.3 Å². The first-order valence-electron chi connectivity index (χ1n) is 9.53. The molecule has 0 saturated heterocycles. The highest BCUT2D eigenvalue weighted by Gasteiger charge is 2.29. The minimum atomic E-state index is -0.796. The van der Waals surface area contributed by atoms with E-state index in [2.05, 4.69) is 16.4 Å². The average Bonchev–Trinajstić information content (AvgIpc) is 3.04. The van der Waals surface area contributed by atoms with Crippen LogP contribution in [0.4, 0.5) is 5.69 Å². The molecule has 1 saturated carbocycles. The van der Waals surface area contributed by atoms with Crippen LogP contribution in [0.3, 0.4) is 0 Å². The molecule has 28 heavy (non-hydrogen) atoms. The van der Waals surface area contributed by atoms with Crippen LogP contribution in [-0.4, -0.2) is 23.0 Å². The molecule has 0 aliphatic heterocycles. The molecule has 4 rings (SSSR count). The lowest BCUT2D eigenvalue weighted by molar-refractivity contribution is -0.159. The number of amides is 1. The zero-order valence-corrected chi connectivity index (χ0v) is 16.5. The van der Waals surface area contributed by atoms with E-state index in [1.165, 1.54) is 4.70 Å². The average molecular weight is 394 g/mol. The third kappa shape index (κ3) is 4.22. The van der Waals surface area contributed by atoms with Gasteiger partial charge in [0.15, 0.2) is 6.10 Å². The van der Waals surface area contributed by atoms with Gasteiger partial charge < -0.3 is 10.1 Å². The lowest BCUT2D eigenvalue weighted by atomic mass is 9.86. The van der Waals surface area contributed by atoms with Crippen LogP contribution in [0, 0.1) is 5.92 Å². The van der Waals surface area contributed by atoms with Gasteiger partial charge in [-0.05, 0) is 49.6 Å². The molecule has 1 N–H and O–H groups in total. The lowest BCUT2D eigenvalue weighted by Crippen LogP contribution is -2.34. The summed E-state index contributed by atoms with van der Waals surface area (Å²) in [6.07, 6.45) is 2.75. The second-order valence-electron chi connectivity index (χ2n) is 7.15. The molecule has 0 bridgehead atoms. The highest BCUT2D eigenvalue weighted by molar-refractivity contribution is 7.18. The SMILES string of the molecule is C[C@@H](OC(=O)C1CCC1)C(=O)Nc1ccc(Cc2nc3ccccc3s2)cc1. The number of para-hydroxylation sites is 1. The van der Waals surface area contributed by atoms with E-state index in [0.29, 0.717) is 5.69 Å². The molecule has 1 aliphatic rings. The number of ether oxygens (including phenoxy) is 1. The number of nitrogens with one attached hydrogen (secondary N) is 1. The fourth-order valence-electron chi connectivity index (χ4n) is 3.09. The summed E-state index contributed by atoms with van der Waals surface area (Å²) in [5.41, 5.74) is 2.84. The first-order valence-corrected chi connectivity index (χ1v) is 10.3. The van der Waals surface area contributed by atoms with Crippen molar-refractivity contribution >= 4 is 39.1 Å². The summed E-state index contributed by atoms with van der Waals surface area (Å²) in [5.74, 6) is -0.608. The highest BCUT2D eigenvalue weighted by Crippen LogP contribution is 2.28. The van der Waals surface area contributed by atoms with Crippen LogP contribution in [0.15, 0.2) is 48.5 Å². The Labute approximate surface area is 167 Å². The summed E-state index contributed by atoms with van der Waals surface area (Å²) < 4.78 is 6.45. The Kier molecular flexibility index (Phi) is 5.39. The maximum absolute atomic E-state index is 12.3. The molecule has 1 atom stereocenters. The van der Waals surface area contributed by atoms with Crippen molar-refractivity contribution in [2.24, 2.45) is 5.92 Å². The van der Waals surface area contributed by atoms with Gasteiger partial charge in [-0.15, -0.1) is 11.3 Å². The number of nitrogens with zero attached hydrogens (tertiary/aromatic N) is 1. The number of rotatable bonds is 6. The molecule has 1 heterocycles. The predicted octanol–water partition coefficient (Wildman–Crippen LogP) is 4.56. The maximum Gasteiger partial charge on any atom is 0.309 e. The Morgan fingerprint density at radius 1 is 1.18 bits per heavy atom. The Hall–Kier alpha value is -2.73. The van der Waals surface area contributed by atoms with Crippen molar-refractivity contribution in [2.45, 2.75) is 38.7 Å². The first kappa shape index (κ1) is 18.6. The number of hydrogen-bond donors (Lipinski definition) is 1. The molecule has 6 heteroatoms.